The average Bonchev–Trinajstić information content (AvgIpc) is 2.62. The van der Waals surface area contributed by atoms with Crippen LogP contribution in [0.2, 0.25) is 0 Å². The molecule has 1 heterocycles. The Morgan fingerprint density at radius 3 is 2.74 bits per heavy atom. The number of hydrogen-bond acceptors (Lipinski definition) is 3. The summed E-state index contributed by atoms with van der Waals surface area (Å²) < 4.78 is 5.03. The van der Waals surface area contributed by atoms with E-state index in [1.165, 1.54) is 55.5 Å². The molecule has 2 aliphatic rings. The fourth-order valence-corrected chi connectivity index (χ4v) is 4.40. The van der Waals surface area contributed by atoms with Crippen LogP contribution in [0.3, 0.4) is 0 Å². The molecule has 1 aromatic heterocycles. The van der Waals surface area contributed by atoms with Crippen LogP contribution in [0, 0.1) is 0 Å². The molecule has 23 heavy (non-hydrogen) atoms. The molecule has 120 valence electrons. The summed E-state index contributed by atoms with van der Waals surface area (Å²) in [5.74, 6) is 0.203. The van der Waals surface area contributed by atoms with E-state index in [0.29, 0.717) is 11.6 Å². The summed E-state index contributed by atoms with van der Waals surface area (Å²) in [6.07, 6.45) is 9.33. The Hall–Kier alpha value is -1.90. The van der Waals surface area contributed by atoms with E-state index in [2.05, 4.69) is 18.2 Å². The highest BCUT2D eigenvalue weighted by Gasteiger charge is 2.27. The minimum absolute atomic E-state index is 0.282. The summed E-state index contributed by atoms with van der Waals surface area (Å²) in [4.78, 5) is 17.2. The lowest BCUT2D eigenvalue weighted by atomic mass is 9.81. The molecule has 2 aliphatic carbocycles. The molecule has 3 nitrogen and oxygen atoms in total. The Balaban J connectivity index is 1.99. The average molecular weight is 309 g/mol. The molecule has 1 saturated carbocycles. The molecule has 0 radical (unpaired) electrons. The van der Waals surface area contributed by atoms with Crippen molar-refractivity contribution in [1.29, 1.82) is 0 Å². The lowest BCUT2D eigenvalue weighted by Crippen LogP contribution is -2.17. The minimum atomic E-state index is -0.282. The highest BCUT2D eigenvalue weighted by Crippen LogP contribution is 2.39. The van der Waals surface area contributed by atoms with Crippen molar-refractivity contribution in [1.82, 2.24) is 4.98 Å². The van der Waals surface area contributed by atoms with Crippen molar-refractivity contribution in [3.63, 3.8) is 0 Å². The molecule has 0 spiro atoms. The van der Waals surface area contributed by atoms with E-state index in [0.717, 1.165) is 30.5 Å². The third-order valence-electron chi connectivity index (χ3n) is 5.49. The number of nitrogens with zero attached hydrogens (tertiary/aromatic N) is 1. The first-order chi connectivity index (χ1) is 11.3. The van der Waals surface area contributed by atoms with Crippen LogP contribution in [0.25, 0.3) is 10.8 Å². The van der Waals surface area contributed by atoms with Gasteiger partial charge in [-0.2, -0.15) is 0 Å². The molecule has 0 saturated heterocycles. The highest BCUT2D eigenvalue weighted by atomic mass is 16.5. The predicted molar refractivity (Wildman–Crippen MR) is 90.9 cm³/mol. The Morgan fingerprint density at radius 2 is 1.96 bits per heavy atom. The van der Waals surface area contributed by atoms with E-state index < -0.39 is 0 Å². The van der Waals surface area contributed by atoms with Crippen molar-refractivity contribution in [2.75, 3.05) is 7.11 Å². The van der Waals surface area contributed by atoms with Crippen molar-refractivity contribution >= 4 is 16.7 Å². The van der Waals surface area contributed by atoms with Gasteiger partial charge in [-0.05, 0) is 48.6 Å². The van der Waals surface area contributed by atoms with Crippen LogP contribution in [-0.2, 0) is 17.6 Å². The van der Waals surface area contributed by atoms with Crippen LogP contribution in [0.15, 0.2) is 18.2 Å². The zero-order chi connectivity index (χ0) is 15.8. The van der Waals surface area contributed by atoms with E-state index >= 15 is 0 Å². The number of pyridine rings is 1. The van der Waals surface area contributed by atoms with Crippen molar-refractivity contribution < 1.29 is 9.53 Å². The topological polar surface area (TPSA) is 39.2 Å². The van der Waals surface area contributed by atoms with Gasteiger partial charge in [0.25, 0.3) is 0 Å². The van der Waals surface area contributed by atoms with Gasteiger partial charge in [0.2, 0.25) is 0 Å². The molecular formula is C20H23NO2. The van der Waals surface area contributed by atoms with E-state index in [9.17, 15) is 4.79 Å². The molecular weight excluding hydrogens is 286 g/mol. The first kappa shape index (κ1) is 14.7. The number of hydrogen-bond donors (Lipinski definition) is 0. The van der Waals surface area contributed by atoms with Gasteiger partial charge in [0.1, 0.15) is 0 Å². The van der Waals surface area contributed by atoms with Crippen molar-refractivity contribution in [3.05, 3.63) is 40.7 Å². The summed E-state index contributed by atoms with van der Waals surface area (Å²) in [5, 5.41) is 2.56. The molecule has 0 amide bonds. The van der Waals surface area contributed by atoms with Gasteiger partial charge < -0.3 is 4.74 Å². The molecule has 2 aromatic rings. The Kier molecular flexibility index (Phi) is 3.80. The van der Waals surface area contributed by atoms with E-state index in [1.54, 1.807) is 0 Å². The Labute approximate surface area is 137 Å². The summed E-state index contributed by atoms with van der Waals surface area (Å²) in [6.45, 7) is 0. The molecule has 1 fully saturated rings. The number of esters is 1. The summed E-state index contributed by atoms with van der Waals surface area (Å²) in [7, 11) is 1.45. The quantitative estimate of drug-likeness (QED) is 0.764. The second-order valence-electron chi connectivity index (χ2n) is 6.84. The maximum absolute atomic E-state index is 12.3. The first-order valence-electron chi connectivity index (χ1n) is 8.82. The molecule has 0 atom stereocenters. The van der Waals surface area contributed by atoms with Crippen LogP contribution in [0.4, 0.5) is 0 Å². The van der Waals surface area contributed by atoms with Crippen LogP contribution in [0.1, 0.15) is 71.8 Å². The number of benzene rings is 1. The van der Waals surface area contributed by atoms with Crippen molar-refractivity contribution in [3.8, 4) is 0 Å². The van der Waals surface area contributed by atoms with Gasteiger partial charge >= 0.3 is 5.97 Å². The second-order valence-corrected chi connectivity index (χ2v) is 6.84. The Morgan fingerprint density at radius 1 is 1.13 bits per heavy atom. The standard InChI is InChI=1S/C20H23NO2/c1-23-20(22)19-16-12-6-10-13-9-5-11-15(17(13)16)18(21-19)14-7-3-2-4-8-14/h5,9,11,14H,2-4,6-8,10,12H2,1H3. The van der Waals surface area contributed by atoms with E-state index in [1.807, 2.05) is 0 Å². The molecule has 0 bridgehead atoms. The van der Waals surface area contributed by atoms with Crippen molar-refractivity contribution in [2.45, 2.75) is 57.3 Å². The lowest BCUT2D eigenvalue weighted by Gasteiger charge is -2.26. The molecule has 3 heteroatoms. The third kappa shape index (κ3) is 2.43. The number of carbonyl (C=O) groups is 1. The lowest BCUT2D eigenvalue weighted by molar-refractivity contribution is 0.0592. The van der Waals surface area contributed by atoms with Gasteiger partial charge in [-0.3, -0.25) is 0 Å². The predicted octanol–water partition coefficient (Wildman–Crippen LogP) is 4.56. The van der Waals surface area contributed by atoms with Gasteiger partial charge in [0, 0.05) is 11.3 Å². The van der Waals surface area contributed by atoms with Crippen LogP contribution in [0.5, 0.6) is 0 Å². The monoisotopic (exact) mass is 309 g/mol. The fourth-order valence-electron chi connectivity index (χ4n) is 4.40. The van der Waals surface area contributed by atoms with Crippen LogP contribution in [-0.4, -0.2) is 18.1 Å². The van der Waals surface area contributed by atoms with Crippen molar-refractivity contribution in [2.24, 2.45) is 0 Å². The second kappa shape index (κ2) is 5.95. The normalized spacial score (nSPS) is 18.1. The smallest absolute Gasteiger partial charge is 0.356 e. The number of carbonyl (C=O) groups excluding carboxylic acids is 1. The summed E-state index contributed by atoms with van der Waals surface area (Å²) >= 11 is 0. The zero-order valence-electron chi connectivity index (χ0n) is 13.7. The number of methoxy groups -OCH3 is 1. The summed E-state index contributed by atoms with van der Waals surface area (Å²) in [5.41, 5.74) is 4.17. The first-order valence-corrected chi connectivity index (χ1v) is 8.82. The molecule has 1 aromatic carbocycles. The largest absolute Gasteiger partial charge is 0.464 e. The number of rotatable bonds is 2. The molecule has 0 N–H and O–H groups in total. The maximum atomic E-state index is 12.3. The van der Waals surface area contributed by atoms with Crippen LogP contribution >= 0.6 is 0 Å². The minimum Gasteiger partial charge on any atom is -0.464 e. The zero-order valence-corrected chi connectivity index (χ0v) is 13.7. The number of aryl methyl sites for hydroxylation is 2. The van der Waals surface area contributed by atoms with Gasteiger partial charge in [-0.1, -0.05) is 37.5 Å². The van der Waals surface area contributed by atoms with Crippen LogP contribution < -0.4 is 0 Å². The third-order valence-corrected chi connectivity index (χ3v) is 5.49. The van der Waals surface area contributed by atoms with Gasteiger partial charge in [-0.25, -0.2) is 9.78 Å². The van der Waals surface area contributed by atoms with Gasteiger partial charge in [0.15, 0.2) is 5.69 Å². The fraction of sp³-hybridized carbons (Fsp3) is 0.500. The maximum Gasteiger partial charge on any atom is 0.356 e. The number of aromatic nitrogens is 1. The SMILES string of the molecule is COC(=O)c1nc(C2CCCCC2)c2cccc3c2c1CCC3. The summed E-state index contributed by atoms with van der Waals surface area (Å²) in [6, 6.07) is 6.56. The van der Waals surface area contributed by atoms with Gasteiger partial charge in [-0.15, -0.1) is 0 Å². The highest BCUT2D eigenvalue weighted by molar-refractivity contribution is 5.99. The number of ether oxygens (including phenoxy) is 1. The molecule has 4 rings (SSSR count). The van der Waals surface area contributed by atoms with Gasteiger partial charge in [0.05, 0.1) is 12.8 Å². The molecule has 0 unspecified atom stereocenters. The molecule has 0 aliphatic heterocycles. The van der Waals surface area contributed by atoms with E-state index in [-0.39, 0.29) is 5.97 Å². The Bertz CT molecular complexity index is 760. The van der Waals surface area contributed by atoms with E-state index in [4.69, 9.17) is 9.72 Å².